The van der Waals surface area contributed by atoms with Crippen molar-refractivity contribution < 1.29 is 4.39 Å². The van der Waals surface area contributed by atoms with Gasteiger partial charge < -0.3 is 5.32 Å². The molecule has 2 rings (SSSR count). The molecule has 94 valence electrons. The summed E-state index contributed by atoms with van der Waals surface area (Å²) in [5.74, 6) is -0.197. The average molecular weight is 243 g/mol. The predicted molar refractivity (Wildman–Crippen MR) is 74.4 cm³/mol. The Morgan fingerprint density at radius 2 is 1.72 bits per heavy atom. The van der Waals surface area contributed by atoms with Crippen LogP contribution in [0.1, 0.15) is 22.3 Å². The molecule has 0 aromatic heterocycles. The topological polar surface area (TPSA) is 12.0 Å². The number of anilines is 1. The van der Waals surface area contributed by atoms with Crippen LogP contribution < -0.4 is 5.32 Å². The van der Waals surface area contributed by atoms with E-state index in [1.54, 1.807) is 0 Å². The van der Waals surface area contributed by atoms with Crippen molar-refractivity contribution in [1.29, 1.82) is 0 Å². The van der Waals surface area contributed by atoms with Crippen LogP contribution in [0.5, 0.6) is 0 Å². The maximum absolute atomic E-state index is 13.2. The van der Waals surface area contributed by atoms with Crippen molar-refractivity contribution in [2.45, 2.75) is 27.3 Å². The van der Waals surface area contributed by atoms with Crippen LogP contribution >= 0.6 is 0 Å². The Hall–Kier alpha value is -1.83. The van der Waals surface area contributed by atoms with Gasteiger partial charge in [-0.15, -0.1) is 0 Å². The number of aryl methyl sites for hydroxylation is 3. The van der Waals surface area contributed by atoms with Crippen molar-refractivity contribution >= 4 is 5.69 Å². The molecule has 18 heavy (non-hydrogen) atoms. The maximum Gasteiger partial charge on any atom is 0.125 e. The Morgan fingerprint density at radius 1 is 0.944 bits per heavy atom. The van der Waals surface area contributed by atoms with E-state index in [1.165, 1.54) is 28.8 Å². The van der Waals surface area contributed by atoms with Gasteiger partial charge in [-0.05, 0) is 61.2 Å². The minimum Gasteiger partial charge on any atom is -0.381 e. The highest BCUT2D eigenvalue weighted by atomic mass is 19.1. The van der Waals surface area contributed by atoms with Crippen molar-refractivity contribution in [2.75, 3.05) is 5.32 Å². The quantitative estimate of drug-likeness (QED) is 0.844. The number of rotatable bonds is 3. The molecule has 0 saturated carbocycles. The zero-order chi connectivity index (χ0) is 13.1. The molecular weight excluding hydrogens is 225 g/mol. The Balaban J connectivity index is 2.08. The van der Waals surface area contributed by atoms with E-state index < -0.39 is 0 Å². The molecule has 2 aromatic carbocycles. The molecule has 0 radical (unpaired) electrons. The third-order valence-corrected chi connectivity index (χ3v) is 3.11. The van der Waals surface area contributed by atoms with Crippen molar-refractivity contribution in [2.24, 2.45) is 0 Å². The van der Waals surface area contributed by atoms with Crippen molar-refractivity contribution in [3.63, 3.8) is 0 Å². The zero-order valence-electron chi connectivity index (χ0n) is 11.0. The number of benzene rings is 2. The van der Waals surface area contributed by atoms with E-state index in [1.807, 2.05) is 13.0 Å². The summed E-state index contributed by atoms with van der Waals surface area (Å²) in [6, 6.07) is 11.4. The highest BCUT2D eigenvalue weighted by molar-refractivity contribution is 5.46. The predicted octanol–water partition coefficient (Wildman–Crippen LogP) is 4.36. The van der Waals surface area contributed by atoms with Crippen molar-refractivity contribution in [3.05, 3.63) is 64.5 Å². The summed E-state index contributed by atoms with van der Waals surface area (Å²) in [5, 5.41) is 3.25. The number of hydrogen-bond acceptors (Lipinski definition) is 1. The van der Waals surface area contributed by atoms with Gasteiger partial charge in [0.2, 0.25) is 0 Å². The highest BCUT2D eigenvalue weighted by Gasteiger charge is 1.99. The molecule has 0 aliphatic heterocycles. The van der Waals surface area contributed by atoms with Crippen LogP contribution in [0.2, 0.25) is 0 Å². The van der Waals surface area contributed by atoms with Gasteiger partial charge in [-0.2, -0.15) is 0 Å². The third-order valence-electron chi connectivity index (χ3n) is 3.11. The van der Waals surface area contributed by atoms with Gasteiger partial charge in [-0.3, -0.25) is 0 Å². The molecule has 0 saturated heterocycles. The summed E-state index contributed by atoms with van der Waals surface area (Å²) >= 11 is 0. The fourth-order valence-electron chi connectivity index (χ4n) is 1.96. The molecule has 0 spiro atoms. The molecule has 0 heterocycles. The summed E-state index contributed by atoms with van der Waals surface area (Å²) in [6.07, 6.45) is 0. The smallest absolute Gasteiger partial charge is 0.125 e. The lowest BCUT2D eigenvalue weighted by Gasteiger charge is -2.09. The third kappa shape index (κ3) is 3.10. The van der Waals surface area contributed by atoms with Gasteiger partial charge in [0.1, 0.15) is 5.82 Å². The van der Waals surface area contributed by atoms with Crippen LogP contribution in [0.3, 0.4) is 0 Å². The molecular formula is C16H18FN. The van der Waals surface area contributed by atoms with E-state index in [0.717, 1.165) is 11.3 Å². The minimum atomic E-state index is -0.197. The van der Waals surface area contributed by atoms with Gasteiger partial charge in [0.05, 0.1) is 0 Å². The first-order valence-corrected chi connectivity index (χ1v) is 6.12. The van der Waals surface area contributed by atoms with Crippen molar-refractivity contribution in [3.8, 4) is 0 Å². The van der Waals surface area contributed by atoms with E-state index >= 15 is 0 Å². The van der Waals surface area contributed by atoms with E-state index in [4.69, 9.17) is 0 Å². The summed E-state index contributed by atoms with van der Waals surface area (Å²) < 4.78 is 13.2. The first kappa shape index (κ1) is 12.6. The largest absolute Gasteiger partial charge is 0.381 e. The first-order chi connectivity index (χ1) is 8.54. The Bertz CT molecular complexity index is 541. The van der Waals surface area contributed by atoms with Crippen LogP contribution in [0, 0.1) is 26.6 Å². The molecule has 0 aliphatic rings. The number of hydrogen-bond donors (Lipinski definition) is 1. The van der Waals surface area contributed by atoms with E-state index in [-0.39, 0.29) is 5.82 Å². The Labute approximate surface area is 108 Å². The van der Waals surface area contributed by atoms with Crippen LogP contribution in [-0.2, 0) is 6.54 Å². The minimum absolute atomic E-state index is 0.197. The fourth-order valence-corrected chi connectivity index (χ4v) is 1.96. The van der Waals surface area contributed by atoms with Gasteiger partial charge in [0.25, 0.3) is 0 Å². The van der Waals surface area contributed by atoms with Crippen LogP contribution in [0.15, 0.2) is 36.4 Å². The lowest BCUT2D eigenvalue weighted by molar-refractivity contribution is 0.627. The molecule has 0 bridgehead atoms. The van der Waals surface area contributed by atoms with E-state index in [9.17, 15) is 4.39 Å². The normalized spacial score (nSPS) is 10.4. The first-order valence-electron chi connectivity index (χ1n) is 6.12. The Kier molecular flexibility index (Phi) is 3.66. The van der Waals surface area contributed by atoms with Crippen LogP contribution in [0.25, 0.3) is 0 Å². The van der Waals surface area contributed by atoms with Gasteiger partial charge >= 0.3 is 0 Å². The number of nitrogens with one attached hydrogen (secondary N) is 1. The fraction of sp³-hybridized carbons (Fsp3) is 0.250. The number of halogens is 1. The van der Waals surface area contributed by atoms with Gasteiger partial charge in [-0.25, -0.2) is 4.39 Å². The van der Waals surface area contributed by atoms with Gasteiger partial charge in [-0.1, -0.05) is 18.2 Å². The van der Waals surface area contributed by atoms with Crippen molar-refractivity contribution in [1.82, 2.24) is 0 Å². The summed E-state index contributed by atoms with van der Waals surface area (Å²) in [6.45, 7) is 6.81. The zero-order valence-corrected chi connectivity index (χ0v) is 11.0. The average Bonchev–Trinajstić information content (AvgIpc) is 2.29. The van der Waals surface area contributed by atoms with E-state index in [2.05, 4.69) is 37.4 Å². The van der Waals surface area contributed by atoms with Gasteiger partial charge in [0, 0.05) is 12.2 Å². The SMILES string of the molecule is Cc1cc(F)cc(NCc2ccc(C)c(C)c2)c1. The molecule has 0 fully saturated rings. The lowest BCUT2D eigenvalue weighted by atomic mass is 10.1. The van der Waals surface area contributed by atoms with E-state index in [0.29, 0.717) is 6.54 Å². The second-order valence-corrected chi connectivity index (χ2v) is 4.79. The monoisotopic (exact) mass is 243 g/mol. The second kappa shape index (κ2) is 5.21. The maximum atomic E-state index is 13.2. The Morgan fingerprint density at radius 3 is 2.39 bits per heavy atom. The van der Waals surface area contributed by atoms with Crippen LogP contribution in [-0.4, -0.2) is 0 Å². The molecule has 0 atom stereocenters. The highest BCUT2D eigenvalue weighted by Crippen LogP contribution is 2.15. The van der Waals surface area contributed by atoms with Gasteiger partial charge in [0.15, 0.2) is 0 Å². The molecule has 0 aliphatic carbocycles. The molecule has 2 heteroatoms. The standard InChI is InChI=1S/C16H18FN/c1-11-6-15(17)9-16(7-11)18-10-14-5-4-12(2)13(3)8-14/h4-9,18H,10H2,1-3H3. The molecule has 1 N–H and O–H groups in total. The van der Waals surface area contributed by atoms with Crippen LogP contribution in [0.4, 0.5) is 10.1 Å². The summed E-state index contributed by atoms with van der Waals surface area (Å²) in [7, 11) is 0. The molecule has 0 amide bonds. The summed E-state index contributed by atoms with van der Waals surface area (Å²) in [4.78, 5) is 0. The lowest BCUT2D eigenvalue weighted by Crippen LogP contribution is -2.00. The second-order valence-electron chi connectivity index (χ2n) is 4.79. The molecule has 1 nitrogen and oxygen atoms in total. The molecule has 0 unspecified atom stereocenters. The summed E-state index contributed by atoms with van der Waals surface area (Å²) in [5.41, 5.74) is 5.54. The molecule has 2 aromatic rings.